The average molecular weight is 486 g/mol. The molecule has 11 heteroatoms. The maximum absolute atomic E-state index is 13.1. The monoisotopic (exact) mass is 485 g/mol. The minimum absolute atomic E-state index is 0.348. The van der Waals surface area contributed by atoms with Crippen LogP contribution in [0.2, 0.25) is 0 Å². The Labute approximate surface area is 200 Å². The van der Waals surface area contributed by atoms with Gasteiger partial charge in [0.25, 0.3) is 11.8 Å². The van der Waals surface area contributed by atoms with E-state index < -0.39 is 77.9 Å². The van der Waals surface area contributed by atoms with E-state index in [1.807, 2.05) is 6.92 Å². The minimum Gasteiger partial charge on any atom is -0.450 e. The summed E-state index contributed by atoms with van der Waals surface area (Å²) in [6.07, 6.45) is -3.34. The van der Waals surface area contributed by atoms with Gasteiger partial charge in [-0.25, -0.2) is 9.59 Å². The molecule has 0 aromatic heterocycles. The number of aliphatic hydroxyl groups is 1. The van der Waals surface area contributed by atoms with Gasteiger partial charge in [0.2, 0.25) is 5.91 Å². The molecule has 0 unspecified atom stereocenters. The number of cyclic esters (lactones) is 2. The van der Waals surface area contributed by atoms with Gasteiger partial charge in [-0.2, -0.15) is 0 Å². The second-order valence-corrected chi connectivity index (χ2v) is 9.53. The molecular weight excluding hydrogens is 446 g/mol. The maximum atomic E-state index is 13.1. The molecule has 3 amide bonds. The molecule has 0 spiro atoms. The van der Waals surface area contributed by atoms with Crippen molar-refractivity contribution in [1.82, 2.24) is 16.0 Å². The lowest BCUT2D eigenvalue weighted by atomic mass is 9.97. The number of amides is 3. The Kier molecular flexibility index (Phi) is 10.9. The Balaban J connectivity index is 3.49. The Morgan fingerprint density at radius 1 is 0.735 bits per heavy atom. The Bertz CT molecular complexity index is 767. The predicted molar refractivity (Wildman–Crippen MR) is 122 cm³/mol. The van der Waals surface area contributed by atoms with Gasteiger partial charge in [-0.1, -0.05) is 48.0 Å². The molecule has 34 heavy (non-hydrogen) atoms. The largest absolute Gasteiger partial charge is 0.450 e. The van der Waals surface area contributed by atoms with E-state index in [4.69, 9.17) is 9.47 Å². The lowest BCUT2D eigenvalue weighted by Gasteiger charge is -2.29. The summed E-state index contributed by atoms with van der Waals surface area (Å²) in [6.45, 7) is 12.9. The Morgan fingerprint density at radius 2 is 1.15 bits per heavy atom. The third-order valence-corrected chi connectivity index (χ3v) is 5.76. The van der Waals surface area contributed by atoms with Gasteiger partial charge >= 0.3 is 11.9 Å². The van der Waals surface area contributed by atoms with E-state index in [9.17, 15) is 29.1 Å². The van der Waals surface area contributed by atoms with Crippen LogP contribution in [0.15, 0.2) is 0 Å². The molecule has 1 saturated heterocycles. The Morgan fingerprint density at radius 3 is 1.56 bits per heavy atom. The maximum Gasteiger partial charge on any atom is 0.332 e. The third kappa shape index (κ3) is 7.68. The summed E-state index contributed by atoms with van der Waals surface area (Å²) in [5.74, 6) is -5.28. The molecule has 1 fully saturated rings. The molecule has 0 aromatic rings. The van der Waals surface area contributed by atoms with Gasteiger partial charge in [0.15, 0.2) is 18.2 Å². The first-order chi connectivity index (χ1) is 15.7. The van der Waals surface area contributed by atoms with Crippen molar-refractivity contribution >= 4 is 29.7 Å². The fourth-order valence-electron chi connectivity index (χ4n) is 3.30. The molecule has 1 rings (SSSR count). The van der Waals surface area contributed by atoms with E-state index in [1.54, 1.807) is 34.6 Å². The molecule has 0 radical (unpaired) electrons. The van der Waals surface area contributed by atoms with Crippen molar-refractivity contribution in [2.75, 3.05) is 0 Å². The van der Waals surface area contributed by atoms with Crippen LogP contribution in [0.25, 0.3) is 0 Å². The molecule has 11 nitrogen and oxygen atoms in total. The van der Waals surface area contributed by atoms with E-state index in [0.29, 0.717) is 6.42 Å². The highest BCUT2D eigenvalue weighted by atomic mass is 16.6. The number of carbonyl (C=O) groups excluding carboxylic acids is 5. The number of carbonyl (C=O) groups is 5. The van der Waals surface area contributed by atoms with Gasteiger partial charge in [0.1, 0.15) is 12.1 Å². The van der Waals surface area contributed by atoms with Gasteiger partial charge in [-0.3, -0.25) is 14.4 Å². The highest BCUT2D eigenvalue weighted by Gasteiger charge is 2.39. The first-order valence-corrected chi connectivity index (χ1v) is 11.7. The lowest BCUT2D eigenvalue weighted by Crippen LogP contribution is -2.56. The molecule has 0 aliphatic carbocycles. The van der Waals surface area contributed by atoms with Crippen LogP contribution in [0.4, 0.5) is 0 Å². The zero-order valence-corrected chi connectivity index (χ0v) is 21.2. The third-order valence-electron chi connectivity index (χ3n) is 5.76. The fraction of sp³-hybridized carbons (Fsp3) is 0.783. The van der Waals surface area contributed by atoms with Crippen LogP contribution in [-0.4, -0.2) is 71.2 Å². The molecule has 1 aliphatic heterocycles. The first-order valence-electron chi connectivity index (χ1n) is 11.7. The quantitative estimate of drug-likeness (QED) is 0.397. The van der Waals surface area contributed by atoms with Crippen molar-refractivity contribution in [2.24, 2.45) is 17.8 Å². The number of rotatable bonds is 5. The van der Waals surface area contributed by atoms with Gasteiger partial charge < -0.3 is 30.5 Å². The van der Waals surface area contributed by atoms with Gasteiger partial charge in [0.05, 0.1) is 6.10 Å². The van der Waals surface area contributed by atoms with Crippen molar-refractivity contribution in [3.63, 3.8) is 0 Å². The molecule has 0 aromatic carbocycles. The number of ether oxygens (including phenoxy) is 2. The smallest absolute Gasteiger partial charge is 0.332 e. The standard InChI is InChI=1S/C23H39N3O8/c1-9-12(6)15-22(31)33-17(10(2)3)20(29)24-13(7)19(28)26-16(14(8)27)23(32)34-18(11(4)5)21(30)25-15/h10-18,27H,9H2,1-8H3,(H,24,29)(H,25,30)(H,26,28)/t12-,13-,14+,15-,16-,17-,18-/m0/s1. The fourth-order valence-corrected chi connectivity index (χ4v) is 3.30. The van der Waals surface area contributed by atoms with E-state index in [2.05, 4.69) is 16.0 Å². The highest BCUT2D eigenvalue weighted by molar-refractivity contribution is 5.94. The number of nitrogens with one attached hydrogen (secondary N) is 3. The van der Waals surface area contributed by atoms with Crippen molar-refractivity contribution in [3.05, 3.63) is 0 Å². The van der Waals surface area contributed by atoms with Gasteiger partial charge in [0, 0.05) is 0 Å². The zero-order valence-electron chi connectivity index (χ0n) is 21.2. The molecule has 0 saturated carbocycles. The van der Waals surface area contributed by atoms with E-state index in [-0.39, 0.29) is 5.92 Å². The van der Waals surface area contributed by atoms with E-state index >= 15 is 0 Å². The Hall–Kier alpha value is -2.69. The van der Waals surface area contributed by atoms with E-state index in [0.717, 1.165) is 0 Å². The van der Waals surface area contributed by atoms with Gasteiger partial charge in [-0.15, -0.1) is 0 Å². The van der Waals surface area contributed by atoms with Crippen LogP contribution in [0.5, 0.6) is 0 Å². The molecular formula is C23H39N3O8. The average Bonchev–Trinajstić information content (AvgIpc) is 2.74. The highest BCUT2D eigenvalue weighted by Crippen LogP contribution is 2.17. The summed E-state index contributed by atoms with van der Waals surface area (Å²) in [5.41, 5.74) is 0. The topological polar surface area (TPSA) is 160 Å². The zero-order chi connectivity index (χ0) is 26.3. The number of hydrogen-bond acceptors (Lipinski definition) is 8. The molecule has 1 aliphatic rings. The first kappa shape index (κ1) is 29.3. The summed E-state index contributed by atoms with van der Waals surface area (Å²) in [6, 6.07) is -3.69. The van der Waals surface area contributed by atoms with Crippen LogP contribution >= 0.6 is 0 Å². The minimum atomic E-state index is -1.48. The van der Waals surface area contributed by atoms with Crippen molar-refractivity contribution < 1.29 is 38.6 Å². The van der Waals surface area contributed by atoms with Crippen LogP contribution in [0, 0.1) is 17.8 Å². The van der Waals surface area contributed by atoms with Crippen molar-refractivity contribution in [2.45, 2.75) is 98.2 Å². The summed E-state index contributed by atoms with van der Waals surface area (Å²) in [4.78, 5) is 64.4. The SMILES string of the molecule is CC[C@H](C)[C@@H]1NC(=O)[C@H](C(C)C)OC(=O)[C@H]([C@@H](C)O)NC(=O)[C@H](C)NC(=O)[C@H](C(C)C)OC1=O. The molecule has 7 atom stereocenters. The van der Waals surface area contributed by atoms with Crippen LogP contribution in [-0.2, 0) is 33.4 Å². The second kappa shape index (κ2) is 12.7. The lowest BCUT2D eigenvalue weighted by molar-refractivity contribution is -0.166. The van der Waals surface area contributed by atoms with Crippen LogP contribution in [0.1, 0.15) is 61.8 Å². The molecule has 4 N–H and O–H groups in total. The van der Waals surface area contributed by atoms with Crippen molar-refractivity contribution in [1.29, 1.82) is 0 Å². The number of aliphatic hydroxyl groups excluding tert-OH is 1. The predicted octanol–water partition coefficient (Wildman–Crippen LogP) is 0.0368. The van der Waals surface area contributed by atoms with E-state index in [1.165, 1.54) is 13.8 Å². The summed E-state index contributed by atoms with van der Waals surface area (Å²) < 4.78 is 10.9. The molecule has 1 heterocycles. The van der Waals surface area contributed by atoms with Crippen molar-refractivity contribution in [3.8, 4) is 0 Å². The summed E-state index contributed by atoms with van der Waals surface area (Å²) in [7, 11) is 0. The summed E-state index contributed by atoms with van der Waals surface area (Å²) in [5, 5.41) is 17.5. The van der Waals surface area contributed by atoms with Crippen LogP contribution < -0.4 is 16.0 Å². The molecule has 194 valence electrons. The second-order valence-electron chi connectivity index (χ2n) is 9.53. The normalized spacial score (nSPS) is 29.7. The molecule has 0 bridgehead atoms. The number of esters is 2. The van der Waals surface area contributed by atoms with Gasteiger partial charge in [-0.05, 0) is 31.6 Å². The number of hydrogen-bond donors (Lipinski definition) is 4. The van der Waals surface area contributed by atoms with Crippen LogP contribution in [0.3, 0.4) is 0 Å². The summed E-state index contributed by atoms with van der Waals surface area (Å²) >= 11 is 0.